The van der Waals surface area contributed by atoms with Crippen LogP contribution in [0.2, 0.25) is 0 Å². The highest BCUT2D eigenvalue weighted by Crippen LogP contribution is 2.46. The largest absolute Gasteiger partial charge is 0.369 e. The van der Waals surface area contributed by atoms with Gasteiger partial charge in [0.05, 0.1) is 5.54 Å². The smallest absolute Gasteiger partial charge is 0.0598 e. The molecule has 0 N–H and O–H groups in total. The number of piperazine rings is 1. The summed E-state index contributed by atoms with van der Waals surface area (Å²) >= 11 is 0. The van der Waals surface area contributed by atoms with Crippen molar-refractivity contribution in [1.29, 1.82) is 0 Å². The normalized spacial score (nSPS) is 19.7. The summed E-state index contributed by atoms with van der Waals surface area (Å²) in [6, 6.07) is 18.9. The second-order valence-corrected chi connectivity index (χ2v) is 10.2. The molecule has 2 aromatic carbocycles. The van der Waals surface area contributed by atoms with Crippen LogP contribution in [-0.2, 0) is 11.0 Å². The SMILES string of the molecule is CC(C)N1CCN(c2ccc(C(C)(C)N3CC(C)(C)c4ccccc43)cc2)CC1. The number of hydrogen-bond donors (Lipinski definition) is 0. The standard InChI is InChI=1S/C26H37N3/c1-20(2)27-15-17-28(18-16-27)22-13-11-21(12-14-22)26(5,6)29-19-25(3,4)23-9-7-8-10-24(23)29/h7-14,20H,15-19H2,1-6H3. The predicted molar refractivity (Wildman–Crippen MR) is 125 cm³/mol. The Labute approximate surface area is 177 Å². The van der Waals surface area contributed by atoms with Crippen molar-refractivity contribution in [3.63, 3.8) is 0 Å². The van der Waals surface area contributed by atoms with Gasteiger partial charge in [-0.15, -0.1) is 0 Å². The molecule has 0 aromatic heterocycles. The third kappa shape index (κ3) is 3.66. The highest BCUT2D eigenvalue weighted by atomic mass is 15.3. The van der Waals surface area contributed by atoms with Crippen molar-refractivity contribution in [3.05, 3.63) is 59.7 Å². The first-order valence-corrected chi connectivity index (χ1v) is 11.2. The molecule has 2 aromatic rings. The first kappa shape index (κ1) is 20.3. The summed E-state index contributed by atoms with van der Waals surface area (Å²) in [6.07, 6.45) is 0. The van der Waals surface area contributed by atoms with Crippen molar-refractivity contribution in [2.24, 2.45) is 0 Å². The minimum atomic E-state index is -0.0429. The summed E-state index contributed by atoms with van der Waals surface area (Å²) in [7, 11) is 0. The summed E-state index contributed by atoms with van der Waals surface area (Å²) in [6.45, 7) is 19.7. The number of rotatable bonds is 4. The lowest BCUT2D eigenvalue weighted by Gasteiger charge is -2.40. The average molecular weight is 392 g/mol. The number of hydrogen-bond acceptors (Lipinski definition) is 3. The number of para-hydroxylation sites is 1. The van der Waals surface area contributed by atoms with Gasteiger partial charge in [0, 0.05) is 55.6 Å². The van der Waals surface area contributed by atoms with Crippen LogP contribution in [0.3, 0.4) is 0 Å². The lowest BCUT2D eigenvalue weighted by Crippen LogP contribution is -2.49. The van der Waals surface area contributed by atoms with Gasteiger partial charge in [0.25, 0.3) is 0 Å². The fourth-order valence-electron chi connectivity index (χ4n) is 5.08. The van der Waals surface area contributed by atoms with E-state index in [1.54, 1.807) is 0 Å². The van der Waals surface area contributed by atoms with Crippen LogP contribution in [0.25, 0.3) is 0 Å². The molecule has 2 aliphatic rings. The molecule has 0 aliphatic carbocycles. The van der Waals surface area contributed by atoms with E-state index in [-0.39, 0.29) is 11.0 Å². The van der Waals surface area contributed by atoms with Crippen LogP contribution in [-0.4, -0.2) is 43.7 Å². The van der Waals surface area contributed by atoms with Crippen molar-refractivity contribution in [2.75, 3.05) is 42.5 Å². The molecule has 0 saturated carbocycles. The van der Waals surface area contributed by atoms with Crippen LogP contribution in [0.5, 0.6) is 0 Å². The summed E-state index contributed by atoms with van der Waals surface area (Å²) in [5.74, 6) is 0. The molecule has 0 amide bonds. The van der Waals surface area contributed by atoms with Gasteiger partial charge in [-0.05, 0) is 57.0 Å². The summed E-state index contributed by atoms with van der Waals surface area (Å²) in [5.41, 5.74) is 5.73. The Morgan fingerprint density at radius 3 is 2.10 bits per heavy atom. The zero-order valence-electron chi connectivity index (χ0n) is 19.1. The molecule has 0 atom stereocenters. The molecular weight excluding hydrogens is 354 g/mol. The van der Waals surface area contributed by atoms with E-state index in [0.29, 0.717) is 6.04 Å². The van der Waals surface area contributed by atoms with Gasteiger partial charge in [0.2, 0.25) is 0 Å². The van der Waals surface area contributed by atoms with Crippen molar-refractivity contribution in [3.8, 4) is 0 Å². The van der Waals surface area contributed by atoms with E-state index in [0.717, 1.165) is 32.7 Å². The average Bonchev–Trinajstić information content (AvgIpc) is 3.00. The molecule has 29 heavy (non-hydrogen) atoms. The van der Waals surface area contributed by atoms with Crippen LogP contribution in [0, 0.1) is 0 Å². The lowest BCUT2D eigenvalue weighted by atomic mass is 9.87. The molecule has 2 heterocycles. The second-order valence-electron chi connectivity index (χ2n) is 10.2. The van der Waals surface area contributed by atoms with Crippen molar-refractivity contribution in [2.45, 2.75) is 58.5 Å². The maximum Gasteiger partial charge on any atom is 0.0598 e. The Morgan fingerprint density at radius 2 is 1.48 bits per heavy atom. The van der Waals surface area contributed by atoms with Gasteiger partial charge < -0.3 is 9.80 Å². The molecule has 3 heteroatoms. The Balaban J connectivity index is 1.53. The molecular formula is C26H37N3. The first-order chi connectivity index (χ1) is 13.7. The van der Waals surface area contributed by atoms with E-state index in [4.69, 9.17) is 0 Å². The maximum atomic E-state index is 2.60. The van der Waals surface area contributed by atoms with Gasteiger partial charge in [0.1, 0.15) is 0 Å². The third-order valence-electron chi connectivity index (χ3n) is 7.14. The van der Waals surface area contributed by atoms with Crippen LogP contribution in [0.15, 0.2) is 48.5 Å². The minimum absolute atomic E-state index is 0.0429. The zero-order chi connectivity index (χ0) is 20.8. The van der Waals surface area contributed by atoms with Crippen molar-refractivity contribution in [1.82, 2.24) is 4.90 Å². The fraction of sp³-hybridized carbons (Fsp3) is 0.538. The Bertz CT molecular complexity index is 843. The topological polar surface area (TPSA) is 9.72 Å². The molecule has 3 nitrogen and oxygen atoms in total. The van der Waals surface area contributed by atoms with Gasteiger partial charge in [-0.2, -0.15) is 0 Å². The van der Waals surface area contributed by atoms with E-state index in [2.05, 4.69) is 105 Å². The zero-order valence-corrected chi connectivity index (χ0v) is 19.1. The number of nitrogens with zero attached hydrogens (tertiary/aromatic N) is 3. The molecule has 0 radical (unpaired) electrons. The van der Waals surface area contributed by atoms with Gasteiger partial charge in [-0.25, -0.2) is 0 Å². The Kier molecular flexibility index (Phi) is 5.14. The highest BCUT2D eigenvalue weighted by molar-refractivity contribution is 5.65. The van der Waals surface area contributed by atoms with Gasteiger partial charge >= 0.3 is 0 Å². The van der Waals surface area contributed by atoms with E-state index in [1.807, 2.05) is 0 Å². The minimum Gasteiger partial charge on any atom is -0.369 e. The molecule has 1 fully saturated rings. The van der Waals surface area contributed by atoms with Gasteiger partial charge in [-0.3, -0.25) is 4.90 Å². The summed E-state index contributed by atoms with van der Waals surface area (Å²) < 4.78 is 0. The maximum absolute atomic E-state index is 2.60. The van der Waals surface area contributed by atoms with Gasteiger partial charge in [-0.1, -0.05) is 44.2 Å². The molecule has 0 bridgehead atoms. The summed E-state index contributed by atoms with van der Waals surface area (Å²) in [5, 5.41) is 0. The molecule has 0 unspecified atom stereocenters. The monoisotopic (exact) mass is 391 g/mol. The van der Waals surface area contributed by atoms with Crippen molar-refractivity contribution < 1.29 is 0 Å². The second kappa shape index (κ2) is 7.36. The van der Waals surface area contributed by atoms with E-state index in [1.165, 1.54) is 22.5 Å². The number of anilines is 2. The first-order valence-electron chi connectivity index (χ1n) is 11.2. The fourth-order valence-corrected chi connectivity index (χ4v) is 5.08. The summed E-state index contributed by atoms with van der Waals surface area (Å²) in [4.78, 5) is 7.70. The number of fused-ring (bicyclic) bond motifs is 1. The lowest BCUT2D eigenvalue weighted by molar-refractivity contribution is 0.209. The highest BCUT2D eigenvalue weighted by Gasteiger charge is 2.41. The van der Waals surface area contributed by atoms with Crippen molar-refractivity contribution >= 4 is 11.4 Å². The van der Waals surface area contributed by atoms with Gasteiger partial charge in [0.15, 0.2) is 0 Å². The van der Waals surface area contributed by atoms with E-state index in [9.17, 15) is 0 Å². The van der Waals surface area contributed by atoms with Crippen LogP contribution < -0.4 is 9.80 Å². The molecule has 0 spiro atoms. The quantitative estimate of drug-likeness (QED) is 0.705. The Morgan fingerprint density at radius 1 is 0.862 bits per heavy atom. The van der Waals surface area contributed by atoms with Crippen LogP contribution in [0.4, 0.5) is 11.4 Å². The van der Waals surface area contributed by atoms with E-state index >= 15 is 0 Å². The Hall–Kier alpha value is -2.00. The molecule has 2 aliphatic heterocycles. The van der Waals surface area contributed by atoms with E-state index < -0.39 is 0 Å². The molecule has 156 valence electrons. The van der Waals surface area contributed by atoms with Crippen LogP contribution in [0.1, 0.15) is 52.7 Å². The molecule has 4 rings (SSSR count). The number of benzene rings is 2. The van der Waals surface area contributed by atoms with Crippen LogP contribution >= 0.6 is 0 Å². The third-order valence-corrected chi connectivity index (χ3v) is 7.14. The predicted octanol–water partition coefficient (Wildman–Crippen LogP) is 5.25. The molecule has 1 saturated heterocycles.